The highest BCUT2D eigenvalue weighted by molar-refractivity contribution is 7.47. The number of rotatable bonds is 55. The summed E-state index contributed by atoms with van der Waals surface area (Å²) in [7, 11) is -4.78. The highest BCUT2D eigenvalue weighted by Gasteiger charge is 2.28. The minimum atomic E-state index is -4.78. The van der Waals surface area contributed by atoms with Crippen LogP contribution in [0, 0.1) is 0 Å². The van der Waals surface area contributed by atoms with Crippen LogP contribution in [0.2, 0.25) is 0 Å². The molecule has 0 amide bonds. The Morgan fingerprint density at radius 3 is 1.20 bits per heavy atom. The Bertz CT molecular complexity index is 1640. The predicted octanol–water partition coefficient (Wildman–Crippen LogP) is 18.0. The van der Waals surface area contributed by atoms with E-state index in [0.717, 1.165) is 96.3 Å². The highest BCUT2D eigenvalue weighted by atomic mass is 31.2. The molecule has 0 rings (SSSR count). The maximum Gasteiger partial charge on any atom is 0.472 e. The van der Waals surface area contributed by atoms with Crippen LogP contribution in [0.25, 0.3) is 0 Å². The molecule has 76 heavy (non-hydrogen) atoms. The standard InChI is InChI=1S/C64H109O11P/c1-4-7-10-13-16-19-22-25-28-30-33-35-38-41-44-47-50-53-62(66)71-57-61(75-64(68)55-52-49-46-43-40-37-34-31-29-26-23-20-17-14-11-8-5-2)59-73-76(69,70)72-58-60(56-65)74-63(67)54-51-48-45-42-39-36-32-27-24-21-18-15-12-9-6-3/h9,12,16,18-19,21,25-29,32,39,42,48,51,60-61,65H,4-8,10-11,13-15,17,20,22-24,30-31,33-38,40-41,43-47,49-50,52-59H2,1-3H3,(H,69,70)/b12-9-,19-16-,21-18-,28-25-,29-26-,32-27-,42-39-,51-48-. The molecule has 0 spiro atoms. The molecule has 0 fully saturated rings. The lowest BCUT2D eigenvalue weighted by Gasteiger charge is -2.21. The number of carbonyl (C=O) groups excluding carboxylic acids is 3. The number of hydrogen-bond acceptors (Lipinski definition) is 10. The molecule has 0 aliphatic heterocycles. The second-order valence-electron chi connectivity index (χ2n) is 19.8. The molecular weight excluding hydrogens is 976 g/mol. The molecule has 0 saturated heterocycles. The van der Waals surface area contributed by atoms with Crippen molar-refractivity contribution in [1.82, 2.24) is 0 Å². The van der Waals surface area contributed by atoms with E-state index in [1.807, 2.05) is 18.2 Å². The van der Waals surface area contributed by atoms with Crippen molar-refractivity contribution in [2.45, 2.75) is 264 Å². The predicted molar refractivity (Wildman–Crippen MR) is 316 cm³/mol. The molecule has 0 aromatic carbocycles. The van der Waals surface area contributed by atoms with Crippen LogP contribution in [0.15, 0.2) is 97.2 Å². The van der Waals surface area contributed by atoms with Gasteiger partial charge in [0.05, 0.1) is 26.2 Å². The lowest BCUT2D eigenvalue weighted by molar-refractivity contribution is -0.161. The molecule has 0 heterocycles. The largest absolute Gasteiger partial charge is 0.472 e. The van der Waals surface area contributed by atoms with Gasteiger partial charge in [0.15, 0.2) is 6.10 Å². The van der Waals surface area contributed by atoms with E-state index in [9.17, 15) is 28.9 Å². The van der Waals surface area contributed by atoms with E-state index in [1.54, 1.807) is 6.08 Å². The molecule has 0 aliphatic carbocycles. The van der Waals surface area contributed by atoms with Crippen LogP contribution >= 0.6 is 7.82 Å². The molecular formula is C64H109O11P. The van der Waals surface area contributed by atoms with Crippen molar-refractivity contribution in [3.8, 4) is 0 Å². The number of unbranched alkanes of at least 4 members (excludes halogenated alkanes) is 23. The number of aliphatic hydroxyl groups excluding tert-OH is 1. The molecule has 0 aromatic heterocycles. The smallest absolute Gasteiger partial charge is 0.462 e. The number of ether oxygens (including phenoxy) is 3. The van der Waals surface area contributed by atoms with Crippen LogP contribution in [-0.4, -0.2) is 66.5 Å². The van der Waals surface area contributed by atoms with E-state index >= 15 is 0 Å². The van der Waals surface area contributed by atoms with Gasteiger partial charge < -0.3 is 24.2 Å². The number of carbonyl (C=O) groups is 3. The van der Waals surface area contributed by atoms with Crippen LogP contribution in [0.4, 0.5) is 0 Å². The first-order valence-electron chi connectivity index (χ1n) is 30.1. The topological polar surface area (TPSA) is 155 Å². The first kappa shape index (κ1) is 72.4. The first-order chi connectivity index (χ1) is 37.2. The maximum absolute atomic E-state index is 12.9. The van der Waals surface area contributed by atoms with Crippen LogP contribution in [0.5, 0.6) is 0 Å². The number of allylic oxidation sites excluding steroid dienone is 15. The zero-order valence-electron chi connectivity index (χ0n) is 48.2. The third-order valence-corrected chi connectivity index (χ3v) is 13.4. The number of aliphatic hydroxyl groups is 1. The minimum absolute atomic E-state index is 0.0587. The van der Waals surface area contributed by atoms with E-state index < -0.39 is 57.8 Å². The molecule has 12 heteroatoms. The van der Waals surface area contributed by atoms with Crippen molar-refractivity contribution < 1.29 is 52.2 Å². The van der Waals surface area contributed by atoms with Gasteiger partial charge in [-0.05, 0) is 103 Å². The molecule has 0 saturated carbocycles. The first-order valence-corrected chi connectivity index (χ1v) is 31.6. The SMILES string of the molecule is CC/C=C\C/C=C\C/C=C\C/C=C\C/C=C\CC(=O)OC(CO)COP(=O)(O)OCC(COC(=O)CCCCCCCCC/C=C\C/C=C\CCCCC)OC(=O)CCCCCCCCC/C=C\CCCCCCCC. The summed E-state index contributed by atoms with van der Waals surface area (Å²) in [5, 5.41) is 9.80. The lowest BCUT2D eigenvalue weighted by Crippen LogP contribution is -2.30. The molecule has 0 aromatic rings. The molecule has 11 nitrogen and oxygen atoms in total. The second-order valence-corrected chi connectivity index (χ2v) is 21.2. The Hall–Kier alpha value is -3.60. The van der Waals surface area contributed by atoms with Gasteiger partial charge in [0.1, 0.15) is 12.7 Å². The quantitative estimate of drug-likeness (QED) is 0.0197. The number of esters is 3. The van der Waals surface area contributed by atoms with E-state index in [-0.39, 0.29) is 25.9 Å². The van der Waals surface area contributed by atoms with Gasteiger partial charge >= 0.3 is 25.7 Å². The second kappa shape index (κ2) is 57.6. The summed E-state index contributed by atoms with van der Waals surface area (Å²) in [4.78, 5) is 48.6. The fraction of sp³-hybridized carbons (Fsp3) is 0.703. The van der Waals surface area contributed by atoms with Crippen molar-refractivity contribution in [2.75, 3.05) is 26.4 Å². The fourth-order valence-electron chi connectivity index (χ4n) is 7.93. The summed E-state index contributed by atoms with van der Waals surface area (Å²) in [6, 6.07) is 0. The third-order valence-electron chi connectivity index (χ3n) is 12.5. The van der Waals surface area contributed by atoms with Gasteiger partial charge in [-0.25, -0.2) is 4.57 Å². The van der Waals surface area contributed by atoms with Gasteiger partial charge in [-0.15, -0.1) is 0 Å². The van der Waals surface area contributed by atoms with Crippen LogP contribution in [-0.2, 0) is 42.2 Å². The summed E-state index contributed by atoms with van der Waals surface area (Å²) in [6.07, 6.45) is 68.2. The third kappa shape index (κ3) is 55.2. The van der Waals surface area contributed by atoms with Crippen molar-refractivity contribution in [3.05, 3.63) is 97.2 Å². The average Bonchev–Trinajstić information content (AvgIpc) is 3.41. The van der Waals surface area contributed by atoms with Crippen molar-refractivity contribution in [2.24, 2.45) is 0 Å². The number of phosphoric ester groups is 1. The Morgan fingerprint density at radius 1 is 0.395 bits per heavy atom. The van der Waals surface area contributed by atoms with Gasteiger partial charge in [0, 0.05) is 12.8 Å². The minimum Gasteiger partial charge on any atom is -0.462 e. The monoisotopic (exact) mass is 1080 g/mol. The maximum atomic E-state index is 12.9. The van der Waals surface area contributed by atoms with Crippen LogP contribution < -0.4 is 0 Å². The van der Waals surface area contributed by atoms with Crippen molar-refractivity contribution in [3.63, 3.8) is 0 Å². The fourth-order valence-corrected chi connectivity index (χ4v) is 8.71. The Morgan fingerprint density at radius 2 is 0.737 bits per heavy atom. The van der Waals surface area contributed by atoms with Crippen molar-refractivity contribution >= 4 is 25.7 Å². The lowest BCUT2D eigenvalue weighted by atomic mass is 10.1. The molecule has 0 radical (unpaired) electrons. The molecule has 2 N–H and O–H groups in total. The summed E-state index contributed by atoms with van der Waals surface area (Å²) in [6.45, 7) is 4.39. The van der Waals surface area contributed by atoms with E-state index in [4.69, 9.17) is 23.3 Å². The Balaban J connectivity index is 4.82. The molecule has 436 valence electrons. The summed E-state index contributed by atoms with van der Waals surface area (Å²) in [5.41, 5.74) is 0. The highest BCUT2D eigenvalue weighted by Crippen LogP contribution is 2.43. The summed E-state index contributed by atoms with van der Waals surface area (Å²) in [5.74, 6) is -1.62. The van der Waals surface area contributed by atoms with Crippen LogP contribution in [0.1, 0.15) is 252 Å². The summed E-state index contributed by atoms with van der Waals surface area (Å²) < 4.78 is 39.5. The normalized spacial score (nSPS) is 14.0. The van der Waals surface area contributed by atoms with E-state index in [2.05, 4.69) is 93.7 Å². The number of phosphoric acid groups is 1. The zero-order valence-corrected chi connectivity index (χ0v) is 49.1. The Labute approximate surface area is 463 Å². The average molecular weight is 1090 g/mol. The van der Waals surface area contributed by atoms with Crippen LogP contribution in [0.3, 0.4) is 0 Å². The number of hydrogen-bond donors (Lipinski definition) is 2. The molecule has 3 atom stereocenters. The zero-order chi connectivity index (χ0) is 55.5. The molecule has 3 unspecified atom stereocenters. The van der Waals surface area contributed by atoms with Gasteiger partial charge in [-0.3, -0.25) is 23.4 Å². The van der Waals surface area contributed by atoms with E-state index in [0.29, 0.717) is 19.3 Å². The van der Waals surface area contributed by atoms with Gasteiger partial charge in [0.2, 0.25) is 0 Å². The van der Waals surface area contributed by atoms with Gasteiger partial charge in [-0.1, -0.05) is 227 Å². The molecule has 0 bridgehead atoms. The van der Waals surface area contributed by atoms with E-state index in [1.165, 1.54) is 96.3 Å². The van der Waals surface area contributed by atoms with Crippen molar-refractivity contribution in [1.29, 1.82) is 0 Å². The van der Waals surface area contributed by atoms with Gasteiger partial charge in [0.25, 0.3) is 0 Å². The molecule has 0 aliphatic rings. The summed E-state index contributed by atoms with van der Waals surface area (Å²) >= 11 is 0. The Kier molecular flexibility index (Phi) is 54.8. The van der Waals surface area contributed by atoms with Gasteiger partial charge in [-0.2, -0.15) is 0 Å².